The standard InChI is InChI=1S/C13H21NO5/c1-4-10(5-2)8-14(9-13(18)19-3)11(15)6-7-12(16)17/h6-7,10H,4-5,8-9H2,1-3H3,(H,16,17)/b7-6+. The maximum absolute atomic E-state index is 11.8. The number of carbonyl (C=O) groups excluding carboxylic acids is 2. The van der Waals surface area contributed by atoms with Crippen LogP contribution in [0.2, 0.25) is 0 Å². The summed E-state index contributed by atoms with van der Waals surface area (Å²) in [5.41, 5.74) is 0. The highest BCUT2D eigenvalue weighted by Gasteiger charge is 2.18. The van der Waals surface area contributed by atoms with Gasteiger partial charge in [0.15, 0.2) is 0 Å². The molecule has 1 N–H and O–H groups in total. The number of rotatable bonds is 8. The Kier molecular flexibility index (Phi) is 8.24. The molecule has 0 aromatic rings. The molecule has 1 amide bonds. The Hall–Kier alpha value is -1.85. The van der Waals surface area contributed by atoms with Gasteiger partial charge in [-0.05, 0) is 5.92 Å². The van der Waals surface area contributed by atoms with Gasteiger partial charge < -0.3 is 14.7 Å². The molecule has 0 atom stereocenters. The molecule has 0 fully saturated rings. The van der Waals surface area contributed by atoms with E-state index < -0.39 is 17.8 Å². The van der Waals surface area contributed by atoms with Crippen LogP contribution in [0.1, 0.15) is 26.7 Å². The van der Waals surface area contributed by atoms with Crippen LogP contribution in [0.3, 0.4) is 0 Å². The van der Waals surface area contributed by atoms with E-state index in [9.17, 15) is 14.4 Å². The second kappa shape index (κ2) is 9.13. The van der Waals surface area contributed by atoms with E-state index in [1.54, 1.807) is 0 Å². The lowest BCUT2D eigenvalue weighted by atomic mass is 10.0. The number of carbonyl (C=O) groups is 3. The fraction of sp³-hybridized carbons (Fsp3) is 0.615. The third-order valence-electron chi connectivity index (χ3n) is 2.86. The quantitative estimate of drug-likeness (QED) is 0.527. The van der Waals surface area contributed by atoms with Crippen LogP contribution in [-0.4, -0.2) is 48.1 Å². The van der Waals surface area contributed by atoms with Crippen molar-refractivity contribution in [3.63, 3.8) is 0 Å². The van der Waals surface area contributed by atoms with E-state index in [-0.39, 0.29) is 12.5 Å². The SMILES string of the molecule is CCC(CC)CN(CC(=O)OC)C(=O)/C=C/C(=O)O. The first-order valence-corrected chi connectivity index (χ1v) is 6.21. The number of carboxylic acids is 1. The maximum Gasteiger partial charge on any atom is 0.328 e. The number of aliphatic carboxylic acids is 1. The molecule has 0 heterocycles. The fourth-order valence-corrected chi connectivity index (χ4v) is 1.56. The Morgan fingerprint density at radius 1 is 1.21 bits per heavy atom. The zero-order chi connectivity index (χ0) is 14.8. The smallest absolute Gasteiger partial charge is 0.328 e. The van der Waals surface area contributed by atoms with Crippen molar-refractivity contribution >= 4 is 17.8 Å². The van der Waals surface area contributed by atoms with Gasteiger partial charge in [-0.1, -0.05) is 26.7 Å². The van der Waals surface area contributed by atoms with Crippen LogP contribution in [0.25, 0.3) is 0 Å². The van der Waals surface area contributed by atoms with E-state index in [0.29, 0.717) is 6.54 Å². The van der Waals surface area contributed by atoms with Crippen LogP contribution in [0.15, 0.2) is 12.2 Å². The molecule has 6 heteroatoms. The number of ether oxygens (including phenoxy) is 1. The number of amides is 1. The van der Waals surface area contributed by atoms with Crippen LogP contribution in [-0.2, 0) is 19.1 Å². The van der Waals surface area contributed by atoms with E-state index in [1.165, 1.54) is 12.0 Å². The van der Waals surface area contributed by atoms with Crippen LogP contribution in [0.5, 0.6) is 0 Å². The second-order valence-corrected chi connectivity index (χ2v) is 4.15. The summed E-state index contributed by atoms with van der Waals surface area (Å²) in [5.74, 6) is -1.96. The zero-order valence-corrected chi connectivity index (χ0v) is 11.6. The molecule has 0 bridgehead atoms. The molecule has 0 aliphatic heterocycles. The highest BCUT2D eigenvalue weighted by molar-refractivity contribution is 5.95. The summed E-state index contributed by atoms with van der Waals surface area (Å²) in [5, 5.41) is 8.50. The maximum atomic E-state index is 11.8. The number of methoxy groups -OCH3 is 1. The molecule has 108 valence electrons. The van der Waals surface area contributed by atoms with Crippen molar-refractivity contribution in [3.05, 3.63) is 12.2 Å². The summed E-state index contributed by atoms with van der Waals surface area (Å²) in [7, 11) is 1.25. The van der Waals surface area contributed by atoms with Gasteiger partial charge in [-0.25, -0.2) is 4.79 Å². The summed E-state index contributed by atoms with van der Waals surface area (Å²) in [6.45, 7) is 4.24. The van der Waals surface area contributed by atoms with Crippen LogP contribution >= 0.6 is 0 Å². The topological polar surface area (TPSA) is 83.9 Å². The van der Waals surface area contributed by atoms with Gasteiger partial charge in [0.25, 0.3) is 0 Å². The van der Waals surface area contributed by atoms with Gasteiger partial charge in [0.2, 0.25) is 5.91 Å². The van der Waals surface area contributed by atoms with Gasteiger partial charge in [0.1, 0.15) is 6.54 Å². The highest BCUT2D eigenvalue weighted by atomic mass is 16.5. The molecule has 0 aromatic carbocycles. The number of hydrogen-bond acceptors (Lipinski definition) is 4. The molecule has 19 heavy (non-hydrogen) atoms. The molecular weight excluding hydrogens is 250 g/mol. The molecule has 6 nitrogen and oxygen atoms in total. The third-order valence-corrected chi connectivity index (χ3v) is 2.86. The number of esters is 1. The zero-order valence-electron chi connectivity index (χ0n) is 11.6. The molecule has 0 radical (unpaired) electrons. The monoisotopic (exact) mass is 271 g/mol. The number of hydrogen-bond donors (Lipinski definition) is 1. The predicted molar refractivity (Wildman–Crippen MR) is 69.4 cm³/mol. The number of nitrogens with zero attached hydrogens (tertiary/aromatic N) is 1. The Labute approximate surface area is 113 Å². The summed E-state index contributed by atoms with van der Waals surface area (Å²) >= 11 is 0. The van der Waals surface area contributed by atoms with Gasteiger partial charge in [-0.15, -0.1) is 0 Å². The van der Waals surface area contributed by atoms with E-state index >= 15 is 0 Å². The van der Waals surface area contributed by atoms with Crippen LogP contribution in [0, 0.1) is 5.92 Å². The molecule has 0 rings (SSSR count). The molecular formula is C13H21NO5. The van der Waals surface area contributed by atoms with E-state index in [0.717, 1.165) is 25.0 Å². The van der Waals surface area contributed by atoms with Gasteiger partial charge in [-0.3, -0.25) is 9.59 Å². The summed E-state index contributed by atoms with van der Waals surface area (Å²) < 4.78 is 4.53. The average Bonchev–Trinajstić information content (AvgIpc) is 2.40. The Balaban J connectivity index is 4.78. The minimum atomic E-state index is -1.20. The van der Waals surface area contributed by atoms with E-state index in [4.69, 9.17) is 5.11 Å². The van der Waals surface area contributed by atoms with Crippen molar-refractivity contribution in [1.29, 1.82) is 0 Å². The Bertz CT molecular complexity index is 347. The largest absolute Gasteiger partial charge is 0.478 e. The summed E-state index contributed by atoms with van der Waals surface area (Å²) in [6.07, 6.45) is 3.47. The molecule has 0 spiro atoms. The third kappa shape index (κ3) is 7.23. The lowest BCUT2D eigenvalue weighted by molar-refractivity contribution is -0.146. The molecule has 0 aliphatic carbocycles. The van der Waals surface area contributed by atoms with Gasteiger partial charge in [0, 0.05) is 18.7 Å². The molecule has 0 saturated carbocycles. The van der Waals surface area contributed by atoms with E-state index in [2.05, 4.69) is 4.74 Å². The second-order valence-electron chi connectivity index (χ2n) is 4.15. The number of carboxylic acid groups (broad SMARTS) is 1. The first-order valence-electron chi connectivity index (χ1n) is 6.21. The van der Waals surface area contributed by atoms with Crippen molar-refractivity contribution in [1.82, 2.24) is 4.90 Å². The van der Waals surface area contributed by atoms with Crippen LogP contribution in [0.4, 0.5) is 0 Å². The fourth-order valence-electron chi connectivity index (χ4n) is 1.56. The summed E-state index contributed by atoms with van der Waals surface area (Å²) in [6, 6.07) is 0. The van der Waals surface area contributed by atoms with Gasteiger partial charge in [-0.2, -0.15) is 0 Å². The van der Waals surface area contributed by atoms with Crippen molar-refractivity contribution in [2.75, 3.05) is 20.2 Å². The molecule has 0 saturated heterocycles. The molecule has 0 aliphatic rings. The predicted octanol–water partition coefficient (Wildman–Crippen LogP) is 1.06. The first kappa shape index (κ1) is 17.2. The van der Waals surface area contributed by atoms with Crippen LogP contribution < -0.4 is 0 Å². The Morgan fingerprint density at radius 3 is 2.21 bits per heavy atom. The summed E-state index contributed by atoms with van der Waals surface area (Å²) in [4.78, 5) is 34.8. The molecule has 0 aromatic heterocycles. The average molecular weight is 271 g/mol. The van der Waals surface area contributed by atoms with Crippen molar-refractivity contribution in [2.24, 2.45) is 5.92 Å². The minimum absolute atomic E-state index is 0.171. The Morgan fingerprint density at radius 2 is 1.79 bits per heavy atom. The van der Waals surface area contributed by atoms with Crippen molar-refractivity contribution in [3.8, 4) is 0 Å². The minimum Gasteiger partial charge on any atom is -0.478 e. The normalized spacial score (nSPS) is 10.7. The molecule has 0 unspecified atom stereocenters. The lowest BCUT2D eigenvalue weighted by Crippen LogP contribution is -2.38. The van der Waals surface area contributed by atoms with Crippen molar-refractivity contribution < 1.29 is 24.2 Å². The van der Waals surface area contributed by atoms with Gasteiger partial charge in [0.05, 0.1) is 7.11 Å². The van der Waals surface area contributed by atoms with E-state index in [1.807, 2.05) is 13.8 Å². The lowest BCUT2D eigenvalue weighted by Gasteiger charge is -2.24. The first-order chi connectivity index (χ1) is 8.94. The highest BCUT2D eigenvalue weighted by Crippen LogP contribution is 2.10. The van der Waals surface area contributed by atoms with Gasteiger partial charge >= 0.3 is 11.9 Å². The van der Waals surface area contributed by atoms with Crippen molar-refractivity contribution in [2.45, 2.75) is 26.7 Å².